The lowest BCUT2D eigenvalue weighted by atomic mass is 9.97. The van der Waals surface area contributed by atoms with Gasteiger partial charge in [0.1, 0.15) is 0 Å². The van der Waals surface area contributed by atoms with Crippen LogP contribution in [0.4, 0.5) is 10.1 Å². The minimum atomic E-state index is -0.238. The van der Waals surface area contributed by atoms with E-state index in [4.69, 9.17) is 12.2 Å². The number of nitrogens with zero attached hydrogens (tertiary/aromatic N) is 1. The highest BCUT2D eigenvalue weighted by molar-refractivity contribution is 9.11. The zero-order valence-electron chi connectivity index (χ0n) is 8.64. The summed E-state index contributed by atoms with van der Waals surface area (Å²) in [5, 5.41) is 0. The Labute approximate surface area is 116 Å². The van der Waals surface area contributed by atoms with Gasteiger partial charge < -0.3 is 4.90 Å². The number of benzene rings is 1. The number of thiocarbonyl (C=S) groups is 1. The molecule has 1 nitrogen and oxygen atoms in total. The van der Waals surface area contributed by atoms with Crippen LogP contribution in [0, 0.1) is 5.82 Å². The van der Waals surface area contributed by atoms with Gasteiger partial charge in [0.05, 0.1) is 14.4 Å². The fourth-order valence-corrected chi connectivity index (χ4v) is 3.60. The van der Waals surface area contributed by atoms with Crippen LogP contribution >= 0.6 is 44.1 Å². The van der Waals surface area contributed by atoms with Crippen molar-refractivity contribution in [1.29, 1.82) is 0 Å². The summed E-state index contributed by atoms with van der Waals surface area (Å²) in [5.74, 6) is -0.238. The van der Waals surface area contributed by atoms with E-state index in [0.29, 0.717) is 15.0 Å². The fraction of sp³-hybridized carbons (Fsp3) is 0.364. The van der Waals surface area contributed by atoms with Crippen molar-refractivity contribution in [3.8, 4) is 0 Å². The standard InChI is InChI=1S/C11H10Br2FNS/c1-6-2-3-7-9(15(6)5-16)4-8(12)11(14)10(7)13/h4-6H,2-3H2,1H3/t6-/m1/s1. The van der Waals surface area contributed by atoms with Crippen molar-refractivity contribution in [3.05, 3.63) is 26.4 Å². The van der Waals surface area contributed by atoms with Gasteiger partial charge >= 0.3 is 0 Å². The molecule has 0 amide bonds. The van der Waals surface area contributed by atoms with E-state index >= 15 is 0 Å². The van der Waals surface area contributed by atoms with Crippen LogP contribution in [-0.4, -0.2) is 11.5 Å². The van der Waals surface area contributed by atoms with Crippen LogP contribution in [-0.2, 0) is 6.42 Å². The molecule has 0 aromatic heterocycles. The Hall–Kier alpha value is -0.0000000000000000833. The molecule has 0 aliphatic carbocycles. The van der Waals surface area contributed by atoms with Crippen molar-refractivity contribution >= 4 is 55.3 Å². The van der Waals surface area contributed by atoms with E-state index < -0.39 is 0 Å². The molecule has 0 unspecified atom stereocenters. The monoisotopic (exact) mass is 365 g/mol. The van der Waals surface area contributed by atoms with Crippen LogP contribution in [0.3, 0.4) is 0 Å². The number of rotatable bonds is 1. The van der Waals surface area contributed by atoms with Crippen LogP contribution in [0.1, 0.15) is 18.9 Å². The van der Waals surface area contributed by atoms with Gasteiger partial charge in [0.15, 0.2) is 5.82 Å². The molecule has 0 radical (unpaired) electrons. The second-order valence-corrected chi connectivity index (χ2v) is 5.74. The van der Waals surface area contributed by atoms with E-state index in [1.807, 2.05) is 4.90 Å². The molecule has 0 saturated heterocycles. The molecule has 0 fully saturated rings. The zero-order valence-corrected chi connectivity index (χ0v) is 12.6. The maximum absolute atomic E-state index is 13.7. The molecule has 1 aliphatic heterocycles. The lowest BCUT2D eigenvalue weighted by molar-refractivity contribution is 0.594. The van der Waals surface area contributed by atoms with E-state index in [0.717, 1.165) is 24.1 Å². The molecule has 1 atom stereocenters. The second kappa shape index (κ2) is 4.70. The molecule has 2 rings (SSSR count). The van der Waals surface area contributed by atoms with Crippen molar-refractivity contribution in [3.63, 3.8) is 0 Å². The number of hydrogen-bond acceptors (Lipinski definition) is 1. The predicted octanol–water partition coefficient (Wildman–Crippen LogP) is 4.45. The van der Waals surface area contributed by atoms with E-state index in [1.54, 1.807) is 11.6 Å². The van der Waals surface area contributed by atoms with Gasteiger partial charge in [-0.25, -0.2) is 4.39 Å². The van der Waals surface area contributed by atoms with E-state index in [-0.39, 0.29) is 5.82 Å². The van der Waals surface area contributed by atoms with Gasteiger partial charge in [0.2, 0.25) is 0 Å². The molecular formula is C11H10Br2FNS. The Morgan fingerprint density at radius 3 is 2.88 bits per heavy atom. The quantitative estimate of drug-likeness (QED) is 0.533. The first-order chi connectivity index (χ1) is 7.56. The fourth-order valence-electron chi connectivity index (χ4n) is 1.98. The zero-order chi connectivity index (χ0) is 11.9. The van der Waals surface area contributed by atoms with Crippen LogP contribution in [0.5, 0.6) is 0 Å². The summed E-state index contributed by atoms with van der Waals surface area (Å²) in [4.78, 5) is 2.02. The van der Waals surface area contributed by atoms with Crippen molar-refractivity contribution in [2.45, 2.75) is 25.8 Å². The Morgan fingerprint density at radius 2 is 2.25 bits per heavy atom. The van der Waals surface area contributed by atoms with Gasteiger partial charge in [0.25, 0.3) is 0 Å². The Bertz CT molecular complexity index is 450. The molecule has 0 bridgehead atoms. The molecule has 0 N–H and O–H groups in total. The third-order valence-electron chi connectivity index (χ3n) is 2.92. The van der Waals surface area contributed by atoms with Crippen molar-refractivity contribution in [2.24, 2.45) is 0 Å². The lowest BCUT2D eigenvalue weighted by Crippen LogP contribution is -2.35. The molecule has 5 heteroatoms. The van der Waals surface area contributed by atoms with Gasteiger partial charge in [-0.3, -0.25) is 0 Å². The van der Waals surface area contributed by atoms with Crippen molar-refractivity contribution in [2.75, 3.05) is 4.90 Å². The Balaban J connectivity index is 2.63. The largest absolute Gasteiger partial charge is 0.335 e. The molecule has 86 valence electrons. The van der Waals surface area contributed by atoms with Crippen LogP contribution in [0.15, 0.2) is 15.0 Å². The van der Waals surface area contributed by atoms with Crippen LogP contribution < -0.4 is 4.90 Å². The summed E-state index contributed by atoms with van der Waals surface area (Å²) in [7, 11) is 0. The van der Waals surface area contributed by atoms with Crippen LogP contribution in [0.2, 0.25) is 0 Å². The summed E-state index contributed by atoms with van der Waals surface area (Å²) in [6, 6.07) is 2.17. The first-order valence-corrected chi connectivity index (χ1v) is 7.02. The van der Waals surface area contributed by atoms with Crippen molar-refractivity contribution < 1.29 is 4.39 Å². The Morgan fingerprint density at radius 1 is 1.56 bits per heavy atom. The summed E-state index contributed by atoms with van der Waals surface area (Å²) in [6.45, 7) is 2.12. The molecular weight excluding hydrogens is 357 g/mol. The van der Waals surface area contributed by atoms with Gasteiger partial charge in [-0.2, -0.15) is 0 Å². The minimum absolute atomic E-state index is 0.238. The Kier molecular flexibility index (Phi) is 3.66. The summed E-state index contributed by atoms with van der Waals surface area (Å²) >= 11 is 11.6. The minimum Gasteiger partial charge on any atom is -0.335 e. The molecule has 1 aromatic carbocycles. The van der Waals surface area contributed by atoms with Crippen LogP contribution in [0.25, 0.3) is 0 Å². The first kappa shape index (κ1) is 12.5. The van der Waals surface area contributed by atoms with Gasteiger partial charge in [-0.05, 0) is 63.3 Å². The van der Waals surface area contributed by atoms with E-state index in [2.05, 4.69) is 38.8 Å². The number of fused-ring (bicyclic) bond motifs is 1. The summed E-state index contributed by atoms with van der Waals surface area (Å²) < 4.78 is 14.7. The van der Waals surface area contributed by atoms with Crippen molar-refractivity contribution in [1.82, 2.24) is 0 Å². The van der Waals surface area contributed by atoms with Gasteiger partial charge in [0, 0.05) is 11.7 Å². The van der Waals surface area contributed by atoms with E-state index in [9.17, 15) is 4.39 Å². The molecule has 0 spiro atoms. The number of anilines is 1. The third kappa shape index (κ3) is 1.93. The van der Waals surface area contributed by atoms with Gasteiger partial charge in [-0.1, -0.05) is 12.2 Å². The number of hydrogen-bond donors (Lipinski definition) is 0. The molecule has 1 aliphatic rings. The summed E-state index contributed by atoms with van der Waals surface area (Å²) in [5.41, 5.74) is 3.63. The molecule has 16 heavy (non-hydrogen) atoms. The van der Waals surface area contributed by atoms with Gasteiger partial charge in [-0.15, -0.1) is 0 Å². The highest BCUT2D eigenvalue weighted by Gasteiger charge is 2.26. The normalized spacial score (nSPS) is 19.5. The second-order valence-electron chi connectivity index (χ2n) is 3.88. The molecule has 1 aromatic rings. The van der Waals surface area contributed by atoms with E-state index in [1.165, 1.54) is 0 Å². The highest BCUT2D eigenvalue weighted by atomic mass is 79.9. The predicted molar refractivity (Wildman–Crippen MR) is 75.7 cm³/mol. The first-order valence-electron chi connectivity index (χ1n) is 4.96. The smallest absolute Gasteiger partial charge is 0.151 e. The number of halogens is 3. The lowest BCUT2D eigenvalue weighted by Gasteiger charge is -2.34. The highest BCUT2D eigenvalue weighted by Crippen LogP contribution is 2.39. The average molecular weight is 367 g/mol. The molecule has 0 saturated carbocycles. The topological polar surface area (TPSA) is 3.24 Å². The maximum Gasteiger partial charge on any atom is 0.151 e. The third-order valence-corrected chi connectivity index (χ3v) is 4.55. The molecule has 1 heterocycles. The summed E-state index contributed by atoms with van der Waals surface area (Å²) in [6.07, 6.45) is 1.86. The SMILES string of the molecule is C[C@@H]1CCc2c(cc(Br)c(F)c2Br)N1C=S. The average Bonchev–Trinajstić information content (AvgIpc) is 2.26. The maximum atomic E-state index is 13.7.